The van der Waals surface area contributed by atoms with Crippen LogP contribution in [0.25, 0.3) is 27.7 Å². The van der Waals surface area contributed by atoms with E-state index in [0.29, 0.717) is 0 Å². The van der Waals surface area contributed by atoms with Crippen LogP contribution in [0.15, 0.2) is 72.0 Å². The lowest BCUT2D eigenvalue weighted by atomic mass is 9.95. The quantitative estimate of drug-likeness (QED) is 0.622. The van der Waals surface area contributed by atoms with Crippen LogP contribution in [0.3, 0.4) is 0 Å². The highest BCUT2D eigenvalue weighted by molar-refractivity contribution is 5.90. The molecule has 0 amide bonds. The standard InChI is InChI=1S/C20H17N3O/c1-2-14-5-3-4-6-16(14)17-11-15-7-8-20(24)22-18(15)12-19(17)23-10-9-21-13-23/h3-13H,2H2,1H3,(H,22,24). The number of aromatic nitrogens is 3. The second kappa shape index (κ2) is 5.81. The van der Waals surface area contributed by atoms with Gasteiger partial charge < -0.3 is 9.55 Å². The molecule has 0 atom stereocenters. The molecule has 0 fully saturated rings. The van der Waals surface area contributed by atoms with E-state index in [9.17, 15) is 4.79 Å². The third kappa shape index (κ3) is 2.42. The minimum Gasteiger partial charge on any atom is -0.322 e. The molecule has 0 aliphatic heterocycles. The lowest BCUT2D eigenvalue weighted by molar-refractivity contribution is 1.06. The number of aryl methyl sites for hydroxylation is 1. The maximum absolute atomic E-state index is 11.7. The van der Waals surface area contributed by atoms with Gasteiger partial charge in [-0.15, -0.1) is 0 Å². The van der Waals surface area contributed by atoms with Crippen molar-refractivity contribution < 1.29 is 0 Å². The Kier molecular flexibility index (Phi) is 3.50. The molecule has 0 saturated heterocycles. The molecule has 4 aromatic rings. The molecular formula is C20H17N3O. The van der Waals surface area contributed by atoms with Gasteiger partial charge in [0.1, 0.15) is 0 Å². The highest BCUT2D eigenvalue weighted by Crippen LogP contribution is 2.32. The summed E-state index contributed by atoms with van der Waals surface area (Å²) in [6, 6.07) is 16.0. The van der Waals surface area contributed by atoms with Crippen LogP contribution in [0.4, 0.5) is 0 Å². The second-order valence-electron chi connectivity index (χ2n) is 5.76. The fourth-order valence-electron chi connectivity index (χ4n) is 3.11. The van der Waals surface area contributed by atoms with Crippen molar-refractivity contribution in [3.8, 4) is 16.8 Å². The van der Waals surface area contributed by atoms with E-state index in [1.807, 2.05) is 22.9 Å². The molecule has 0 bridgehead atoms. The molecule has 0 unspecified atom stereocenters. The van der Waals surface area contributed by atoms with Crippen LogP contribution in [0.5, 0.6) is 0 Å². The maximum Gasteiger partial charge on any atom is 0.248 e. The van der Waals surface area contributed by atoms with Crippen LogP contribution in [0.2, 0.25) is 0 Å². The molecule has 2 aromatic carbocycles. The van der Waals surface area contributed by atoms with Gasteiger partial charge in [0.05, 0.1) is 17.5 Å². The number of nitrogens with one attached hydrogen (secondary N) is 1. The summed E-state index contributed by atoms with van der Waals surface area (Å²) < 4.78 is 1.98. The SMILES string of the molecule is CCc1ccccc1-c1cc2ccc(=O)[nH]c2cc1-n1ccnc1. The first-order chi connectivity index (χ1) is 11.8. The minimum absolute atomic E-state index is 0.0965. The Labute approximate surface area is 139 Å². The van der Waals surface area contributed by atoms with Crippen molar-refractivity contribution in [3.63, 3.8) is 0 Å². The summed E-state index contributed by atoms with van der Waals surface area (Å²) in [5.74, 6) is 0. The molecule has 118 valence electrons. The highest BCUT2D eigenvalue weighted by atomic mass is 16.1. The van der Waals surface area contributed by atoms with Crippen LogP contribution in [-0.2, 0) is 6.42 Å². The van der Waals surface area contributed by atoms with E-state index in [4.69, 9.17) is 0 Å². The third-order valence-electron chi connectivity index (χ3n) is 4.31. The molecule has 2 heterocycles. The first-order valence-corrected chi connectivity index (χ1v) is 8.00. The summed E-state index contributed by atoms with van der Waals surface area (Å²) in [6.45, 7) is 2.16. The third-order valence-corrected chi connectivity index (χ3v) is 4.31. The number of hydrogen-bond acceptors (Lipinski definition) is 2. The Hall–Kier alpha value is -3.14. The van der Waals surface area contributed by atoms with Crippen molar-refractivity contribution in [1.82, 2.24) is 14.5 Å². The lowest BCUT2D eigenvalue weighted by Crippen LogP contribution is -2.04. The van der Waals surface area contributed by atoms with Crippen molar-refractivity contribution in [2.24, 2.45) is 0 Å². The number of nitrogens with zero attached hydrogens (tertiary/aromatic N) is 2. The molecule has 0 spiro atoms. The van der Waals surface area contributed by atoms with Crippen molar-refractivity contribution in [1.29, 1.82) is 0 Å². The van der Waals surface area contributed by atoms with Crippen molar-refractivity contribution >= 4 is 10.9 Å². The van der Waals surface area contributed by atoms with Crippen LogP contribution in [-0.4, -0.2) is 14.5 Å². The van der Waals surface area contributed by atoms with Gasteiger partial charge in [-0.1, -0.05) is 31.2 Å². The molecule has 0 radical (unpaired) electrons. The second-order valence-corrected chi connectivity index (χ2v) is 5.76. The van der Waals surface area contributed by atoms with Crippen LogP contribution < -0.4 is 5.56 Å². The Morgan fingerprint density at radius 3 is 2.75 bits per heavy atom. The number of rotatable bonds is 3. The predicted molar refractivity (Wildman–Crippen MR) is 96.5 cm³/mol. The van der Waals surface area contributed by atoms with Crippen LogP contribution >= 0.6 is 0 Å². The van der Waals surface area contributed by atoms with Gasteiger partial charge in [0.25, 0.3) is 0 Å². The van der Waals surface area contributed by atoms with Gasteiger partial charge in [0.15, 0.2) is 0 Å². The molecule has 0 saturated carbocycles. The van der Waals surface area contributed by atoms with E-state index < -0.39 is 0 Å². The highest BCUT2D eigenvalue weighted by Gasteiger charge is 2.12. The summed E-state index contributed by atoms with van der Waals surface area (Å²) in [5, 5.41) is 1.01. The number of fused-ring (bicyclic) bond motifs is 1. The number of benzene rings is 2. The van der Waals surface area contributed by atoms with Crippen molar-refractivity contribution in [3.05, 3.63) is 83.2 Å². The minimum atomic E-state index is -0.0965. The Balaban J connectivity index is 2.07. The van der Waals surface area contributed by atoms with Crippen LogP contribution in [0.1, 0.15) is 12.5 Å². The van der Waals surface area contributed by atoms with Gasteiger partial charge in [-0.3, -0.25) is 4.79 Å². The number of imidazole rings is 1. The number of pyridine rings is 1. The van der Waals surface area contributed by atoms with Gasteiger partial charge in [0.2, 0.25) is 5.56 Å². The smallest absolute Gasteiger partial charge is 0.248 e. The molecular weight excluding hydrogens is 298 g/mol. The summed E-state index contributed by atoms with van der Waals surface area (Å²) in [5.41, 5.74) is 5.36. The Morgan fingerprint density at radius 1 is 1.08 bits per heavy atom. The van der Waals surface area contributed by atoms with Crippen LogP contribution in [0, 0.1) is 0 Å². The lowest BCUT2D eigenvalue weighted by Gasteiger charge is -2.15. The van der Waals surface area contributed by atoms with Gasteiger partial charge >= 0.3 is 0 Å². The molecule has 0 aliphatic rings. The van der Waals surface area contributed by atoms with E-state index in [2.05, 4.69) is 47.2 Å². The molecule has 4 nitrogen and oxygen atoms in total. The van der Waals surface area contributed by atoms with Gasteiger partial charge in [-0.25, -0.2) is 4.98 Å². The zero-order valence-electron chi connectivity index (χ0n) is 13.4. The number of aromatic amines is 1. The van der Waals surface area contributed by atoms with Gasteiger partial charge in [0, 0.05) is 24.0 Å². The summed E-state index contributed by atoms with van der Waals surface area (Å²) in [6.07, 6.45) is 6.41. The summed E-state index contributed by atoms with van der Waals surface area (Å²) in [4.78, 5) is 18.7. The van der Waals surface area contributed by atoms with E-state index in [1.165, 1.54) is 11.1 Å². The first kappa shape index (κ1) is 14.5. The van der Waals surface area contributed by atoms with Crippen molar-refractivity contribution in [2.75, 3.05) is 0 Å². The summed E-state index contributed by atoms with van der Waals surface area (Å²) >= 11 is 0. The van der Waals surface area contributed by atoms with Gasteiger partial charge in [-0.05, 0) is 41.1 Å². The van der Waals surface area contributed by atoms with Crippen molar-refractivity contribution in [2.45, 2.75) is 13.3 Å². The fraction of sp³-hybridized carbons (Fsp3) is 0.100. The molecule has 4 rings (SSSR count). The number of H-pyrrole nitrogens is 1. The van der Waals surface area contributed by atoms with E-state index in [1.54, 1.807) is 18.6 Å². The Bertz CT molecular complexity index is 1060. The molecule has 24 heavy (non-hydrogen) atoms. The fourth-order valence-corrected chi connectivity index (χ4v) is 3.11. The number of hydrogen-bond donors (Lipinski definition) is 1. The predicted octanol–water partition coefficient (Wildman–Crippen LogP) is 3.94. The first-order valence-electron chi connectivity index (χ1n) is 8.00. The maximum atomic E-state index is 11.7. The Morgan fingerprint density at radius 2 is 1.96 bits per heavy atom. The molecule has 4 heteroatoms. The largest absolute Gasteiger partial charge is 0.322 e. The molecule has 1 N–H and O–H groups in total. The van der Waals surface area contributed by atoms with Gasteiger partial charge in [-0.2, -0.15) is 0 Å². The summed E-state index contributed by atoms with van der Waals surface area (Å²) in [7, 11) is 0. The average molecular weight is 315 g/mol. The normalized spacial score (nSPS) is 11.0. The zero-order valence-corrected chi connectivity index (χ0v) is 13.4. The topological polar surface area (TPSA) is 50.7 Å². The monoisotopic (exact) mass is 315 g/mol. The van der Waals surface area contributed by atoms with E-state index >= 15 is 0 Å². The van der Waals surface area contributed by atoms with E-state index in [-0.39, 0.29) is 5.56 Å². The molecule has 0 aliphatic carbocycles. The van der Waals surface area contributed by atoms with E-state index in [0.717, 1.165) is 28.6 Å². The molecule has 2 aromatic heterocycles. The average Bonchev–Trinajstić information content (AvgIpc) is 3.15. The zero-order chi connectivity index (χ0) is 16.5.